The highest BCUT2D eigenvalue weighted by atomic mass is 32.1. The third-order valence-electron chi connectivity index (χ3n) is 4.13. The van der Waals surface area contributed by atoms with Crippen LogP contribution in [0.5, 0.6) is 0 Å². The molecule has 0 bridgehead atoms. The lowest BCUT2D eigenvalue weighted by atomic mass is 10.2. The minimum Gasteiger partial charge on any atom is -0.450 e. The van der Waals surface area contributed by atoms with Gasteiger partial charge in [0, 0.05) is 57.0 Å². The number of ether oxygens (including phenoxy) is 1. The van der Waals surface area contributed by atoms with Gasteiger partial charge in [0.15, 0.2) is 5.96 Å². The van der Waals surface area contributed by atoms with Crippen LogP contribution in [-0.2, 0) is 11.2 Å². The van der Waals surface area contributed by atoms with Crippen molar-refractivity contribution in [3.63, 3.8) is 0 Å². The highest BCUT2D eigenvalue weighted by Gasteiger charge is 2.23. The van der Waals surface area contributed by atoms with Gasteiger partial charge in [-0.1, -0.05) is 13.8 Å². The molecule has 2 rings (SSSR count). The van der Waals surface area contributed by atoms with Gasteiger partial charge in [0.2, 0.25) is 0 Å². The zero-order valence-corrected chi connectivity index (χ0v) is 17.1. The third-order valence-corrected chi connectivity index (χ3v) is 5.33. The first-order valence-electron chi connectivity index (χ1n) is 9.44. The van der Waals surface area contributed by atoms with Gasteiger partial charge in [-0.3, -0.25) is 4.99 Å². The van der Waals surface area contributed by atoms with Crippen LogP contribution in [0.3, 0.4) is 0 Å². The van der Waals surface area contributed by atoms with E-state index >= 15 is 0 Å². The largest absolute Gasteiger partial charge is 0.450 e. The maximum absolute atomic E-state index is 11.8. The number of carbonyl (C=O) groups excluding carboxylic acids is 1. The summed E-state index contributed by atoms with van der Waals surface area (Å²) in [5, 5.41) is 6.68. The summed E-state index contributed by atoms with van der Waals surface area (Å²) in [4.78, 5) is 25.2. The van der Waals surface area contributed by atoms with Crippen LogP contribution < -0.4 is 5.32 Å². The van der Waals surface area contributed by atoms with Crippen molar-refractivity contribution in [3.05, 3.63) is 16.1 Å². The fourth-order valence-corrected chi connectivity index (χ4v) is 3.59. The first-order chi connectivity index (χ1) is 12.5. The van der Waals surface area contributed by atoms with Gasteiger partial charge in [0.05, 0.1) is 17.3 Å². The Labute approximate surface area is 160 Å². The molecule has 0 spiro atoms. The van der Waals surface area contributed by atoms with E-state index in [0.717, 1.165) is 37.7 Å². The van der Waals surface area contributed by atoms with Crippen molar-refractivity contribution in [2.75, 3.05) is 45.9 Å². The third kappa shape index (κ3) is 5.86. The van der Waals surface area contributed by atoms with Crippen molar-refractivity contribution < 1.29 is 9.53 Å². The number of hydrogen-bond acceptors (Lipinski definition) is 5. The van der Waals surface area contributed by atoms with Gasteiger partial charge in [-0.15, -0.1) is 11.3 Å². The average molecular weight is 382 g/mol. The highest BCUT2D eigenvalue weighted by Crippen LogP contribution is 2.19. The van der Waals surface area contributed by atoms with E-state index in [1.807, 2.05) is 6.92 Å². The Morgan fingerprint density at radius 2 is 2.00 bits per heavy atom. The van der Waals surface area contributed by atoms with Gasteiger partial charge in [-0.25, -0.2) is 9.78 Å². The monoisotopic (exact) mass is 381 g/mol. The van der Waals surface area contributed by atoms with Gasteiger partial charge in [0.25, 0.3) is 0 Å². The lowest BCUT2D eigenvalue weighted by molar-refractivity contribution is 0.0914. The van der Waals surface area contributed by atoms with Crippen LogP contribution in [-0.4, -0.2) is 72.7 Å². The van der Waals surface area contributed by atoms with E-state index in [9.17, 15) is 4.79 Å². The normalized spacial score (nSPS) is 15.5. The van der Waals surface area contributed by atoms with Crippen LogP contribution in [0, 0.1) is 0 Å². The molecule has 7 nitrogen and oxygen atoms in total. The summed E-state index contributed by atoms with van der Waals surface area (Å²) in [5.41, 5.74) is 1.12. The zero-order valence-electron chi connectivity index (χ0n) is 16.3. The number of amides is 1. The van der Waals surface area contributed by atoms with E-state index in [4.69, 9.17) is 9.73 Å². The van der Waals surface area contributed by atoms with E-state index in [0.29, 0.717) is 32.2 Å². The Bertz CT molecular complexity index is 594. The Hall–Kier alpha value is -1.83. The second kappa shape index (κ2) is 10.4. The average Bonchev–Trinajstić information content (AvgIpc) is 3.11. The van der Waals surface area contributed by atoms with Gasteiger partial charge in [-0.2, -0.15) is 0 Å². The number of aromatic nitrogens is 1. The number of nitrogens with zero attached hydrogens (tertiary/aromatic N) is 4. The van der Waals surface area contributed by atoms with Crippen LogP contribution >= 0.6 is 11.3 Å². The molecule has 2 heterocycles. The van der Waals surface area contributed by atoms with Crippen molar-refractivity contribution in [2.24, 2.45) is 4.99 Å². The van der Waals surface area contributed by atoms with Crippen LogP contribution in [0.2, 0.25) is 0 Å². The summed E-state index contributed by atoms with van der Waals surface area (Å²) >= 11 is 1.73. The molecule has 1 aromatic heterocycles. The van der Waals surface area contributed by atoms with Crippen LogP contribution in [0.4, 0.5) is 4.79 Å². The van der Waals surface area contributed by atoms with Crippen molar-refractivity contribution in [3.8, 4) is 0 Å². The molecule has 0 radical (unpaired) electrons. The number of guanidine groups is 1. The first kappa shape index (κ1) is 20.5. The Balaban J connectivity index is 1.87. The lowest BCUT2D eigenvalue weighted by Crippen LogP contribution is -2.54. The van der Waals surface area contributed by atoms with Crippen LogP contribution in [0.1, 0.15) is 44.3 Å². The molecule has 1 saturated heterocycles. The molecule has 0 aromatic carbocycles. The number of rotatable bonds is 6. The summed E-state index contributed by atoms with van der Waals surface area (Å²) in [6, 6.07) is 0. The number of nitrogens with one attached hydrogen (secondary N) is 1. The van der Waals surface area contributed by atoms with Crippen molar-refractivity contribution in [1.82, 2.24) is 20.1 Å². The van der Waals surface area contributed by atoms with E-state index in [1.165, 1.54) is 5.01 Å². The predicted octanol–water partition coefficient (Wildman–Crippen LogP) is 2.55. The van der Waals surface area contributed by atoms with Crippen molar-refractivity contribution in [1.29, 1.82) is 0 Å². The molecular weight excluding hydrogens is 350 g/mol. The predicted molar refractivity (Wildman–Crippen MR) is 106 cm³/mol. The number of piperazine rings is 1. The second-order valence-electron chi connectivity index (χ2n) is 6.49. The minimum absolute atomic E-state index is 0.224. The second-order valence-corrected chi connectivity index (χ2v) is 7.38. The van der Waals surface area contributed by atoms with Crippen LogP contribution in [0.15, 0.2) is 10.4 Å². The van der Waals surface area contributed by atoms with Crippen LogP contribution in [0.25, 0.3) is 0 Å². The molecule has 1 aliphatic heterocycles. The topological polar surface area (TPSA) is 70.1 Å². The van der Waals surface area contributed by atoms with Gasteiger partial charge < -0.3 is 19.9 Å². The SMILES string of the molecule is CCNC(=NCCc1csc(C(C)C)n1)N1CCN(C(=O)OCC)CC1. The Morgan fingerprint density at radius 3 is 2.58 bits per heavy atom. The summed E-state index contributed by atoms with van der Waals surface area (Å²) in [6.45, 7) is 13.0. The standard InChI is InChI=1S/C18H31N5O2S/c1-5-19-17(20-8-7-15-13-26-16(21-15)14(3)4)22-9-11-23(12-10-22)18(24)25-6-2/h13-14H,5-12H2,1-4H3,(H,19,20). The quantitative estimate of drug-likeness (QED) is 0.606. The van der Waals surface area contributed by atoms with Gasteiger partial charge >= 0.3 is 6.09 Å². The highest BCUT2D eigenvalue weighted by molar-refractivity contribution is 7.09. The fraction of sp³-hybridized carbons (Fsp3) is 0.722. The molecule has 1 amide bonds. The molecule has 8 heteroatoms. The van der Waals surface area contributed by atoms with Crippen molar-refractivity contribution >= 4 is 23.4 Å². The minimum atomic E-state index is -0.224. The molecule has 26 heavy (non-hydrogen) atoms. The molecule has 1 N–H and O–H groups in total. The fourth-order valence-electron chi connectivity index (χ4n) is 2.72. The summed E-state index contributed by atoms with van der Waals surface area (Å²) in [5.74, 6) is 1.39. The zero-order chi connectivity index (χ0) is 18.9. The van der Waals surface area contributed by atoms with E-state index < -0.39 is 0 Å². The molecule has 0 atom stereocenters. The Morgan fingerprint density at radius 1 is 1.31 bits per heavy atom. The van der Waals surface area contributed by atoms with Crippen molar-refractivity contribution in [2.45, 2.75) is 40.0 Å². The number of hydrogen-bond donors (Lipinski definition) is 1. The maximum Gasteiger partial charge on any atom is 0.409 e. The molecular formula is C18H31N5O2S. The van der Waals surface area contributed by atoms with Gasteiger partial charge in [-0.05, 0) is 13.8 Å². The summed E-state index contributed by atoms with van der Waals surface area (Å²) in [7, 11) is 0. The number of carbonyl (C=O) groups is 1. The Kier molecular flexibility index (Phi) is 8.15. The molecule has 0 saturated carbocycles. The maximum atomic E-state index is 11.8. The smallest absolute Gasteiger partial charge is 0.409 e. The summed E-state index contributed by atoms with van der Waals surface area (Å²) < 4.78 is 5.07. The van der Waals surface area contributed by atoms with E-state index in [2.05, 4.69) is 41.4 Å². The molecule has 0 unspecified atom stereocenters. The molecule has 0 aliphatic carbocycles. The summed E-state index contributed by atoms with van der Waals surface area (Å²) in [6.07, 6.45) is 0.625. The number of aliphatic imine (C=N–C) groups is 1. The molecule has 1 fully saturated rings. The lowest BCUT2D eigenvalue weighted by Gasteiger charge is -2.35. The van der Waals surface area contributed by atoms with Gasteiger partial charge in [0.1, 0.15) is 0 Å². The van der Waals surface area contributed by atoms with E-state index in [-0.39, 0.29) is 6.09 Å². The molecule has 146 valence electrons. The molecule has 1 aliphatic rings. The van der Waals surface area contributed by atoms with E-state index in [1.54, 1.807) is 16.2 Å². The first-order valence-corrected chi connectivity index (χ1v) is 10.3. The molecule has 1 aromatic rings. The number of thiazole rings is 1.